The molecule has 3 aliphatic heterocycles. The minimum atomic E-state index is -4.75. The van der Waals surface area contributed by atoms with Gasteiger partial charge in [-0.1, -0.05) is 0 Å². The maximum absolute atomic E-state index is 13.4. The van der Waals surface area contributed by atoms with Gasteiger partial charge in [-0.3, -0.25) is 34.1 Å². The lowest BCUT2D eigenvalue weighted by Crippen LogP contribution is -2.53. The molecule has 6 rings (SSSR count). The first-order valence-electron chi connectivity index (χ1n) is 15.4. The van der Waals surface area contributed by atoms with Crippen molar-refractivity contribution in [3.8, 4) is 6.07 Å². The molecule has 2 aromatic carbocycles. The number of anilines is 2. The van der Waals surface area contributed by atoms with Gasteiger partial charge in [-0.05, 0) is 81.0 Å². The topological polar surface area (TPSA) is 161 Å². The normalized spacial score (nSPS) is 19.9. The van der Waals surface area contributed by atoms with E-state index in [0.29, 0.717) is 23.5 Å². The lowest BCUT2D eigenvalue weighted by molar-refractivity contribution is -0.140. The van der Waals surface area contributed by atoms with Crippen LogP contribution in [0.25, 0.3) is 0 Å². The Kier molecular flexibility index (Phi) is 8.24. The Balaban J connectivity index is 1.03. The monoisotopic (exact) mass is 663 g/mol. The number of aliphatic hydroxyl groups excluding tert-OH is 1. The summed E-state index contributed by atoms with van der Waals surface area (Å²) in [6.07, 6.45) is -0.901. The number of piperidine rings is 1. The van der Waals surface area contributed by atoms with Crippen LogP contribution in [0.3, 0.4) is 0 Å². The summed E-state index contributed by atoms with van der Waals surface area (Å²) in [5.74, 6) is -1.68. The van der Waals surface area contributed by atoms with Gasteiger partial charge in [-0.25, -0.2) is 0 Å². The fraction of sp³-hybridized carbons (Fsp3) is 0.394. The minimum Gasteiger partial charge on any atom is -0.371 e. The van der Waals surface area contributed by atoms with Crippen LogP contribution in [0.15, 0.2) is 48.8 Å². The summed E-state index contributed by atoms with van der Waals surface area (Å²) in [7, 11) is 0. The van der Waals surface area contributed by atoms with Crippen molar-refractivity contribution >= 4 is 35.0 Å². The lowest BCUT2D eigenvalue weighted by Gasteiger charge is -2.41. The van der Waals surface area contributed by atoms with Crippen molar-refractivity contribution in [2.24, 2.45) is 5.92 Å². The molecule has 4 heterocycles. The maximum atomic E-state index is 13.4. The first-order chi connectivity index (χ1) is 22.7. The number of halogens is 3. The Hall–Kier alpha value is -5.23. The summed E-state index contributed by atoms with van der Waals surface area (Å²) in [5.41, 5.74) is -0.506. The molecule has 2 unspecified atom stereocenters. The highest BCUT2D eigenvalue weighted by atomic mass is 19.4. The fourth-order valence-corrected chi connectivity index (χ4v) is 6.29. The second-order valence-electron chi connectivity index (χ2n) is 12.8. The molecule has 12 nitrogen and oxygen atoms in total. The van der Waals surface area contributed by atoms with Gasteiger partial charge in [0.1, 0.15) is 11.6 Å². The quantitative estimate of drug-likeness (QED) is 0.309. The number of nitrogens with one attached hydrogen (secondary N) is 2. The van der Waals surface area contributed by atoms with Crippen molar-refractivity contribution in [2.75, 3.05) is 23.3 Å². The predicted octanol–water partition coefficient (Wildman–Crippen LogP) is 3.47. The molecule has 0 spiro atoms. The molecule has 1 aromatic heterocycles. The van der Waals surface area contributed by atoms with E-state index in [-0.39, 0.29) is 18.5 Å². The first kappa shape index (κ1) is 32.7. The number of alkyl halides is 3. The number of nitriles is 1. The Morgan fingerprint density at radius 3 is 2.58 bits per heavy atom. The summed E-state index contributed by atoms with van der Waals surface area (Å²) in [5, 5.41) is 29.1. The molecule has 2 fully saturated rings. The molecule has 0 aliphatic carbocycles. The number of nitrogens with zero attached hydrogens (tertiary/aromatic N) is 5. The smallest absolute Gasteiger partial charge is 0.371 e. The molecule has 3 aliphatic rings. The Morgan fingerprint density at radius 2 is 1.90 bits per heavy atom. The average molecular weight is 664 g/mol. The minimum absolute atomic E-state index is 0.0857. The summed E-state index contributed by atoms with van der Waals surface area (Å²) in [6.45, 7) is 4.68. The summed E-state index contributed by atoms with van der Waals surface area (Å²) in [4.78, 5) is 53.3. The SMILES string of the molecule is CC(C)(C(=O)Nc1ccc(C#N)c(C(F)(F)F)c1)n1cc(CCC2CN(c3ccc4c(c3)C(O)N(C3CCC(=O)NC3=O)C4=O)C2)cn1. The number of aliphatic hydroxyl groups is 1. The molecule has 250 valence electrons. The van der Waals surface area contributed by atoms with Gasteiger partial charge in [-0.15, -0.1) is 0 Å². The average Bonchev–Trinajstić information content (AvgIpc) is 3.59. The van der Waals surface area contributed by atoms with Gasteiger partial charge in [0.25, 0.3) is 11.8 Å². The van der Waals surface area contributed by atoms with Crippen molar-refractivity contribution in [2.45, 2.75) is 63.5 Å². The number of aryl methyl sites for hydroxylation is 1. The van der Waals surface area contributed by atoms with E-state index in [9.17, 15) is 37.5 Å². The van der Waals surface area contributed by atoms with Gasteiger partial charge in [0.15, 0.2) is 6.23 Å². The van der Waals surface area contributed by atoms with Crippen molar-refractivity contribution in [3.05, 3.63) is 76.6 Å². The van der Waals surface area contributed by atoms with E-state index in [0.717, 1.165) is 47.8 Å². The predicted molar refractivity (Wildman–Crippen MR) is 164 cm³/mol. The molecule has 3 aromatic rings. The van der Waals surface area contributed by atoms with Crippen LogP contribution in [0.2, 0.25) is 0 Å². The van der Waals surface area contributed by atoms with Crippen LogP contribution in [0.1, 0.15) is 71.9 Å². The van der Waals surface area contributed by atoms with Gasteiger partial charge in [0.2, 0.25) is 11.8 Å². The molecule has 48 heavy (non-hydrogen) atoms. The number of benzene rings is 2. The number of aromatic nitrogens is 2. The van der Waals surface area contributed by atoms with Crippen LogP contribution in [-0.2, 0) is 32.5 Å². The molecule has 15 heteroatoms. The highest BCUT2D eigenvalue weighted by molar-refractivity contribution is 6.06. The Morgan fingerprint density at radius 1 is 1.15 bits per heavy atom. The first-order valence-corrected chi connectivity index (χ1v) is 15.4. The zero-order valence-electron chi connectivity index (χ0n) is 26.0. The van der Waals surface area contributed by atoms with Gasteiger partial charge < -0.3 is 15.3 Å². The number of hydrogen-bond donors (Lipinski definition) is 3. The van der Waals surface area contributed by atoms with Crippen LogP contribution in [0.5, 0.6) is 0 Å². The third kappa shape index (κ3) is 5.99. The molecular weight excluding hydrogens is 631 g/mol. The van der Waals surface area contributed by atoms with E-state index in [2.05, 4.69) is 20.6 Å². The van der Waals surface area contributed by atoms with E-state index in [1.807, 2.05) is 6.07 Å². The van der Waals surface area contributed by atoms with E-state index in [1.165, 1.54) is 16.8 Å². The van der Waals surface area contributed by atoms with Crippen LogP contribution >= 0.6 is 0 Å². The van der Waals surface area contributed by atoms with Crippen LogP contribution < -0.4 is 15.5 Å². The summed E-state index contributed by atoms with van der Waals surface area (Å²) >= 11 is 0. The number of carbonyl (C=O) groups excluding carboxylic acids is 4. The number of fused-ring (bicyclic) bond motifs is 1. The summed E-state index contributed by atoms with van der Waals surface area (Å²) in [6, 6.07) is 8.83. The van der Waals surface area contributed by atoms with Crippen LogP contribution in [-0.4, -0.2) is 62.5 Å². The molecule has 0 saturated carbocycles. The standard InChI is InChI=1S/C33H32F3N7O5/c1-32(2,31(48)39-21-6-5-20(13-37)25(11-21)33(34,35)36)42-17-18(14-38-42)3-4-19-15-41(16-19)22-7-8-23-24(12-22)30(47)43(29(23)46)26-9-10-27(44)40-28(26)45/h5-8,11-12,14,17,19,26,30,47H,3-4,9-10,15-16H2,1-2H3,(H,39,48)(H,40,44,45). The highest BCUT2D eigenvalue weighted by Gasteiger charge is 2.45. The number of carbonyl (C=O) groups is 4. The van der Waals surface area contributed by atoms with E-state index in [4.69, 9.17) is 5.26 Å². The van der Waals surface area contributed by atoms with Crippen molar-refractivity contribution < 1.29 is 37.5 Å². The molecule has 2 saturated heterocycles. The summed E-state index contributed by atoms with van der Waals surface area (Å²) < 4.78 is 41.6. The van der Waals surface area contributed by atoms with E-state index < -0.39 is 58.7 Å². The Bertz CT molecular complexity index is 1860. The third-order valence-electron chi connectivity index (χ3n) is 9.22. The van der Waals surface area contributed by atoms with Crippen molar-refractivity contribution in [1.29, 1.82) is 5.26 Å². The molecule has 0 radical (unpaired) electrons. The third-order valence-corrected chi connectivity index (χ3v) is 9.22. The molecule has 2 atom stereocenters. The number of amides is 4. The lowest BCUT2D eigenvalue weighted by atomic mass is 9.92. The molecule has 3 N–H and O–H groups in total. The maximum Gasteiger partial charge on any atom is 0.417 e. The number of imide groups is 1. The number of hydrogen-bond acceptors (Lipinski definition) is 8. The van der Waals surface area contributed by atoms with E-state index in [1.54, 1.807) is 38.4 Å². The van der Waals surface area contributed by atoms with Crippen molar-refractivity contribution in [3.63, 3.8) is 0 Å². The van der Waals surface area contributed by atoms with Crippen molar-refractivity contribution in [1.82, 2.24) is 20.0 Å². The Labute approximate surface area is 273 Å². The van der Waals surface area contributed by atoms with Gasteiger partial charge in [0.05, 0.1) is 23.4 Å². The van der Waals surface area contributed by atoms with Gasteiger partial charge in [-0.2, -0.15) is 23.5 Å². The fourth-order valence-electron chi connectivity index (χ4n) is 6.29. The highest BCUT2D eigenvalue weighted by Crippen LogP contribution is 2.39. The zero-order valence-corrected chi connectivity index (χ0v) is 26.0. The molecule has 4 amide bonds. The molecular formula is C33H32F3N7O5. The van der Waals surface area contributed by atoms with Crippen LogP contribution in [0, 0.1) is 17.2 Å². The molecule has 0 bridgehead atoms. The van der Waals surface area contributed by atoms with Gasteiger partial charge in [0, 0.05) is 48.2 Å². The second kappa shape index (κ2) is 12.1. The van der Waals surface area contributed by atoms with Gasteiger partial charge >= 0.3 is 6.18 Å². The zero-order chi connectivity index (χ0) is 34.5. The second-order valence-corrected chi connectivity index (χ2v) is 12.8. The number of rotatable bonds is 8. The van der Waals surface area contributed by atoms with Crippen LogP contribution in [0.4, 0.5) is 24.5 Å². The van der Waals surface area contributed by atoms with E-state index >= 15 is 0 Å². The largest absolute Gasteiger partial charge is 0.417 e.